The zero-order valence-corrected chi connectivity index (χ0v) is 11.9. The molecule has 1 atom stereocenters. The first-order chi connectivity index (χ1) is 8.27. The summed E-state index contributed by atoms with van der Waals surface area (Å²) >= 11 is 0. The fraction of sp³-hybridized carbons (Fsp3) is 0.500. The third kappa shape index (κ3) is 3.36. The summed E-state index contributed by atoms with van der Waals surface area (Å²) in [7, 11) is -2.22. The molecule has 0 aromatic heterocycles. The normalized spacial score (nSPS) is 13.6. The molecular weight excluding hydrogens is 252 g/mol. The molecule has 1 aromatic rings. The number of nitrogens with one attached hydrogen (secondary N) is 1. The molecule has 0 amide bonds. The number of rotatable bonds is 5. The minimum atomic E-state index is -3.58. The van der Waals surface area contributed by atoms with Gasteiger partial charge in [-0.3, -0.25) is 0 Å². The maximum Gasteiger partial charge on any atom is 0.244 e. The third-order valence-corrected chi connectivity index (χ3v) is 4.21. The van der Waals surface area contributed by atoms with Crippen LogP contribution >= 0.6 is 0 Å². The Morgan fingerprint density at radius 2 is 1.89 bits per heavy atom. The van der Waals surface area contributed by atoms with Crippen molar-refractivity contribution in [1.82, 2.24) is 4.72 Å². The Balaban J connectivity index is 3.20. The predicted octanol–water partition coefficient (Wildman–Crippen LogP) is 1.60. The zero-order valence-electron chi connectivity index (χ0n) is 11.1. The molecule has 1 rings (SSSR count). The van der Waals surface area contributed by atoms with Crippen molar-refractivity contribution in [3.8, 4) is 5.75 Å². The van der Waals surface area contributed by atoms with Gasteiger partial charge in [-0.1, -0.05) is 13.8 Å². The van der Waals surface area contributed by atoms with Crippen LogP contribution in [-0.2, 0) is 10.0 Å². The molecule has 0 heterocycles. The first-order valence-electron chi connectivity index (χ1n) is 5.77. The quantitative estimate of drug-likeness (QED) is 0.798. The Hall–Kier alpha value is -1.27. The van der Waals surface area contributed by atoms with Crippen molar-refractivity contribution in [2.45, 2.75) is 31.8 Å². The molecule has 3 N–H and O–H groups in total. The highest BCUT2D eigenvalue weighted by Crippen LogP contribution is 2.27. The van der Waals surface area contributed by atoms with Crippen molar-refractivity contribution in [2.24, 2.45) is 5.92 Å². The molecule has 0 bridgehead atoms. The summed E-state index contributed by atoms with van der Waals surface area (Å²) in [6.07, 6.45) is -0.0839. The van der Waals surface area contributed by atoms with Gasteiger partial charge in [0.15, 0.2) is 0 Å². The predicted molar refractivity (Wildman–Crippen MR) is 72.0 cm³/mol. The average molecular weight is 272 g/mol. The second kappa shape index (κ2) is 5.58. The van der Waals surface area contributed by atoms with Crippen molar-refractivity contribution >= 4 is 15.7 Å². The second-order valence-electron chi connectivity index (χ2n) is 4.48. The number of sulfonamides is 1. The molecule has 102 valence electrons. The summed E-state index contributed by atoms with van der Waals surface area (Å²) in [5.41, 5.74) is 6.00. The monoisotopic (exact) mass is 272 g/mol. The highest BCUT2D eigenvalue weighted by Gasteiger charge is 2.20. The minimum Gasteiger partial charge on any atom is -0.489 e. The average Bonchev–Trinajstić information content (AvgIpc) is 2.31. The van der Waals surface area contributed by atoms with Crippen LogP contribution in [0.4, 0.5) is 5.69 Å². The highest BCUT2D eigenvalue weighted by atomic mass is 32.2. The number of hydrogen-bond donors (Lipinski definition) is 2. The SMILES string of the molecule is CNS(=O)(=O)c1cc(N)ccc1OC(C)C(C)C. The molecule has 0 aliphatic carbocycles. The Morgan fingerprint density at radius 1 is 1.28 bits per heavy atom. The Kier molecular flexibility index (Phi) is 4.59. The van der Waals surface area contributed by atoms with Gasteiger partial charge in [-0.05, 0) is 38.1 Å². The van der Waals surface area contributed by atoms with E-state index in [4.69, 9.17) is 10.5 Å². The van der Waals surface area contributed by atoms with Gasteiger partial charge in [-0.25, -0.2) is 13.1 Å². The first-order valence-corrected chi connectivity index (χ1v) is 7.26. The van der Waals surface area contributed by atoms with E-state index in [2.05, 4.69) is 4.72 Å². The van der Waals surface area contributed by atoms with Crippen molar-refractivity contribution in [3.05, 3.63) is 18.2 Å². The molecule has 0 saturated carbocycles. The smallest absolute Gasteiger partial charge is 0.244 e. The van der Waals surface area contributed by atoms with E-state index in [0.717, 1.165) is 0 Å². The Bertz CT molecular complexity index is 512. The van der Waals surface area contributed by atoms with Gasteiger partial charge >= 0.3 is 0 Å². The fourth-order valence-electron chi connectivity index (χ4n) is 1.28. The standard InChI is InChI=1S/C12H20N2O3S/c1-8(2)9(3)17-11-6-5-10(13)7-12(11)18(15,16)14-4/h5-9,14H,13H2,1-4H3. The van der Waals surface area contributed by atoms with Crippen LogP contribution in [0.15, 0.2) is 23.1 Å². The molecular formula is C12H20N2O3S. The fourth-order valence-corrected chi connectivity index (χ4v) is 2.17. The summed E-state index contributed by atoms with van der Waals surface area (Å²) in [5.74, 6) is 0.604. The molecule has 0 aliphatic heterocycles. The van der Waals surface area contributed by atoms with E-state index in [1.807, 2.05) is 20.8 Å². The Morgan fingerprint density at radius 3 is 2.39 bits per heavy atom. The number of benzene rings is 1. The van der Waals surface area contributed by atoms with E-state index in [1.54, 1.807) is 12.1 Å². The lowest BCUT2D eigenvalue weighted by Gasteiger charge is -2.20. The van der Waals surface area contributed by atoms with E-state index in [0.29, 0.717) is 11.4 Å². The number of nitrogens with two attached hydrogens (primary N) is 1. The van der Waals surface area contributed by atoms with Gasteiger partial charge in [0.2, 0.25) is 10.0 Å². The number of hydrogen-bond acceptors (Lipinski definition) is 4. The van der Waals surface area contributed by atoms with Crippen molar-refractivity contribution in [2.75, 3.05) is 12.8 Å². The largest absolute Gasteiger partial charge is 0.489 e. The van der Waals surface area contributed by atoms with E-state index in [1.165, 1.54) is 13.1 Å². The summed E-state index contributed by atoms with van der Waals surface area (Å²) < 4.78 is 31.7. The van der Waals surface area contributed by atoms with Gasteiger partial charge in [0, 0.05) is 5.69 Å². The maximum atomic E-state index is 11.9. The van der Waals surface area contributed by atoms with Crippen LogP contribution in [0.3, 0.4) is 0 Å². The molecule has 5 nitrogen and oxygen atoms in total. The molecule has 0 fully saturated rings. The van der Waals surface area contributed by atoms with E-state index >= 15 is 0 Å². The molecule has 0 radical (unpaired) electrons. The van der Waals surface area contributed by atoms with E-state index < -0.39 is 10.0 Å². The summed E-state index contributed by atoms with van der Waals surface area (Å²) in [6, 6.07) is 4.60. The van der Waals surface area contributed by atoms with Crippen molar-refractivity contribution in [3.63, 3.8) is 0 Å². The van der Waals surface area contributed by atoms with Crippen LogP contribution in [0.5, 0.6) is 5.75 Å². The highest BCUT2D eigenvalue weighted by molar-refractivity contribution is 7.89. The van der Waals surface area contributed by atoms with Crippen LogP contribution in [0.25, 0.3) is 0 Å². The number of anilines is 1. The van der Waals surface area contributed by atoms with Crippen molar-refractivity contribution < 1.29 is 13.2 Å². The third-order valence-electron chi connectivity index (χ3n) is 2.78. The molecule has 0 aliphatic rings. The van der Waals surface area contributed by atoms with Gasteiger partial charge in [-0.2, -0.15) is 0 Å². The van der Waals surface area contributed by atoms with Gasteiger partial charge in [-0.15, -0.1) is 0 Å². The lowest BCUT2D eigenvalue weighted by atomic mass is 10.1. The molecule has 1 unspecified atom stereocenters. The van der Waals surface area contributed by atoms with Crippen LogP contribution in [0.2, 0.25) is 0 Å². The van der Waals surface area contributed by atoms with Crippen LogP contribution in [0, 0.1) is 5.92 Å². The summed E-state index contributed by atoms with van der Waals surface area (Å²) in [4.78, 5) is 0.0671. The van der Waals surface area contributed by atoms with Crippen LogP contribution < -0.4 is 15.2 Å². The molecule has 0 saturated heterocycles. The van der Waals surface area contributed by atoms with Crippen molar-refractivity contribution in [1.29, 1.82) is 0 Å². The van der Waals surface area contributed by atoms with Crippen LogP contribution in [-0.4, -0.2) is 21.6 Å². The Labute approximate surface area is 108 Å². The lowest BCUT2D eigenvalue weighted by Crippen LogP contribution is -2.23. The summed E-state index contributed by atoms with van der Waals surface area (Å²) in [5, 5.41) is 0. The van der Waals surface area contributed by atoms with E-state index in [-0.39, 0.29) is 16.9 Å². The molecule has 18 heavy (non-hydrogen) atoms. The number of nitrogen functional groups attached to an aromatic ring is 1. The van der Waals surface area contributed by atoms with Gasteiger partial charge < -0.3 is 10.5 Å². The second-order valence-corrected chi connectivity index (χ2v) is 6.34. The lowest BCUT2D eigenvalue weighted by molar-refractivity contribution is 0.166. The topological polar surface area (TPSA) is 81.4 Å². The minimum absolute atomic E-state index is 0.0671. The number of ether oxygens (including phenoxy) is 1. The van der Waals surface area contributed by atoms with Gasteiger partial charge in [0.25, 0.3) is 0 Å². The van der Waals surface area contributed by atoms with Gasteiger partial charge in [0.05, 0.1) is 6.10 Å². The maximum absolute atomic E-state index is 11.9. The van der Waals surface area contributed by atoms with Gasteiger partial charge in [0.1, 0.15) is 10.6 Å². The van der Waals surface area contributed by atoms with E-state index in [9.17, 15) is 8.42 Å². The zero-order chi connectivity index (χ0) is 13.9. The first kappa shape index (κ1) is 14.8. The van der Waals surface area contributed by atoms with Crippen LogP contribution in [0.1, 0.15) is 20.8 Å². The summed E-state index contributed by atoms with van der Waals surface area (Å²) in [6.45, 7) is 5.92. The molecule has 6 heteroatoms. The molecule has 1 aromatic carbocycles. The molecule has 0 spiro atoms.